The number of ether oxygens (including phenoxy) is 1. The van der Waals surface area contributed by atoms with E-state index in [1.807, 2.05) is 48.5 Å². The smallest absolute Gasteiger partial charge is 0.128 e. The van der Waals surface area contributed by atoms with Crippen molar-refractivity contribution < 1.29 is 4.74 Å². The predicted molar refractivity (Wildman–Crippen MR) is 128 cm³/mol. The second-order valence-corrected chi connectivity index (χ2v) is 6.53. The van der Waals surface area contributed by atoms with Gasteiger partial charge in [0.05, 0.1) is 12.3 Å². The van der Waals surface area contributed by atoms with Gasteiger partial charge in [0.2, 0.25) is 0 Å². The van der Waals surface area contributed by atoms with Gasteiger partial charge in [0.15, 0.2) is 0 Å². The van der Waals surface area contributed by atoms with Crippen molar-refractivity contribution in [2.45, 2.75) is 0 Å². The standard InChI is InChI=1S/C24H22N2O.2ClH/c1-26-17-16-25-23(22-12-5-6-13-24(22)26)15-14-19-8-7-11-21(18-19)27-20-9-3-2-4-10-20;;/h2-15,18H,16-17H2,1H3;2*1H/b15-14+;;. The van der Waals surface area contributed by atoms with Gasteiger partial charge in [-0.1, -0.05) is 54.6 Å². The highest BCUT2D eigenvalue weighted by atomic mass is 35.5. The zero-order valence-electron chi connectivity index (χ0n) is 16.2. The third-order valence-corrected chi connectivity index (χ3v) is 4.58. The maximum absolute atomic E-state index is 5.93. The molecule has 3 aromatic carbocycles. The Morgan fingerprint density at radius 2 is 1.55 bits per heavy atom. The lowest BCUT2D eigenvalue weighted by Crippen LogP contribution is -2.20. The Hall–Kier alpha value is -2.75. The first-order chi connectivity index (χ1) is 13.3. The first kappa shape index (κ1) is 22.5. The molecule has 0 amide bonds. The number of fused-ring (bicyclic) bond motifs is 1. The number of allylic oxidation sites excluding steroid dienone is 1. The van der Waals surface area contributed by atoms with E-state index in [-0.39, 0.29) is 24.8 Å². The Bertz CT molecular complexity index is 987. The number of likely N-dealkylation sites (N-methyl/N-ethyl adjacent to an activating group) is 1. The average molecular weight is 427 g/mol. The molecule has 150 valence electrons. The molecule has 5 heteroatoms. The molecule has 0 bridgehead atoms. The van der Waals surface area contributed by atoms with Gasteiger partial charge in [-0.25, -0.2) is 0 Å². The van der Waals surface area contributed by atoms with Crippen LogP contribution in [-0.4, -0.2) is 25.8 Å². The first-order valence-electron chi connectivity index (χ1n) is 9.16. The van der Waals surface area contributed by atoms with E-state index in [0.29, 0.717) is 0 Å². The summed E-state index contributed by atoms with van der Waals surface area (Å²) < 4.78 is 5.93. The normalized spacial score (nSPS) is 12.9. The zero-order valence-corrected chi connectivity index (χ0v) is 17.8. The summed E-state index contributed by atoms with van der Waals surface area (Å²) in [6, 6.07) is 26.3. The summed E-state index contributed by atoms with van der Waals surface area (Å²) in [7, 11) is 2.12. The molecule has 3 aromatic rings. The number of para-hydroxylation sites is 2. The van der Waals surface area contributed by atoms with Crippen LogP contribution in [0.25, 0.3) is 6.08 Å². The van der Waals surface area contributed by atoms with E-state index in [1.54, 1.807) is 0 Å². The monoisotopic (exact) mass is 426 g/mol. The summed E-state index contributed by atoms with van der Waals surface area (Å²) in [4.78, 5) is 7.04. The van der Waals surface area contributed by atoms with Gasteiger partial charge < -0.3 is 9.64 Å². The van der Waals surface area contributed by atoms with Crippen molar-refractivity contribution in [2.75, 3.05) is 25.0 Å². The lowest BCUT2D eigenvalue weighted by molar-refractivity contribution is 0.482. The van der Waals surface area contributed by atoms with Gasteiger partial charge >= 0.3 is 0 Å². The Labute approximate surface area is 184 Å². The van der Waals surface area contributed by atoms with Crippen LogP contribution >= 0.6 is 24.8 Å². The van der Waals surface area contributed by atoms with E-state index in [9.17, 15) is 0 Å². The molecule has 1 heterocycles. The van der Waals surface area contributed by atoms with Crippen molar-refractivity contribution in [3.63, 3.8) is 0 Å². The lowest BCUT2D eigenvalue weighted by Gasteiger charge is -2.18. The molecule has 4 rings (SSSR count). The highest BCUT2D eigenvalue weighted by molar-refractivity contribution is 6.14. The van der Waals surface area contributed by atoms with E-state index in [2.05, 4.69) is 54.4 Å². The van der Waals surface area contributed by atoms with Gasteiger partial charge in [-0.3, -0.25) is 4.99 Å². The molecule has 1 aliphatic rings. The molecule has 0 atom stereocenters. The number of rotatable bonds is 4. The summed E-state index contributed by atoms with van der Waals surface area (Å²) in [5, 5.41) is 0. The third-order valence-electron chi connectivity index (χ3n) is 4.58. The van der Waals surface area contributed by atoms with Crippen LogP contribution < -0.4 is 9.64 Å². The summed E-state index contributed by atoms with van der Waals surface area (Å²) in [6.07, 6.45) is 4.19. The highest BCUT2D eigenvalue weighted by Gasteiger charge is 2.13. The van der Waals surface area contributed by atoms with Crippen LogP contribution in [0.15, 0.2) is 89.9 Å². The number of anilines is 1. The molecule has 0 saturated carbocycles. The molecule has 1 aliphatic heterocycles. The van der Waals surface area contributed by atoms with Crippen molar-refractivity contribution in [3.8, 4) is 11.5 Å². The second-order valence-electron chi connectivity index (χ2n) is 6.53. The van der Waals surface area contributed by atoms with Gasteiger partial charge in [0, 0.05) is 24.8 Å². The predicted octanol–water partition coefficient (Wildman–Crippen LogP) is 6.27. The fourth-order valence-corrected chi connectivity index (χ4v) is 3.17. The van der Waals surface area contributed by atoms with Crippen molar-refractivity contribution in [1.82, 2.24) is 0 Å². The maximum atomic E-state index is 5.93. The summed E-state index contributed by atoms with van der Waals surface area (Å²) in [6.45, 7) is 1.72. The van der Waals surface area contributed by atoms with Crippen LogP contribution in [-0.2, 0) is 0 Å². The molecule has 0 aromatic heterocycles. The minimum absolute atomic E-state index is 0. The Kier molecular flexibility index (Phi) is 8.32. The van der Waals surface area contributed by atoms with E-state index < -0.39 is 0 Å². The Morgan fingerprint density at radius 3 is 2.38 bits per heavy atom. The molecule has 0 aliphatic carbocycles. The Morgan fingerprint density at radius 1 is 0.828 bits per heavy atom. The number of aliphatic imine (C=N–C) groups is 1. The van der Waals surface area contributed by atoms with Crippen LogP contribution in [0.3, 0.4) is 0 Å². The molecule has 29 heavy (non-hydrogen) atoms. The minimum Gasteiger partial charge on any atom is -0.457 e. The van der Waals surface area contributed by atoms with Gasteiger partial charge in [0.25, 0.3) is 0 Å². The first-order valence-corrected chi connectivity index (χ1v) is 9.16. The average Bonchev–Trinajstić information content (AvgIpc) is 2.87. The topological polar surface area (TPSA) is 24.8 Å². The van der Waals surface area contributed by atoms with E-state index >= 15 is 0 Å². The third kappa shape index (κ3) is 5.63. The van der Waals surface area contributed by atoms with Gasteiger partial charge in [-0.05, 0) is 42.0 Å². The van der Waals surface area contributed by atoms with Crippen LogP contribution in [0.2, 0.25) is 0 Å². The lowest BCUT2D eigenvalue weighted by atomic mass is 10.1. The molecule has 0 unspecified atom stereocenters. The second kappa shape index (κ2) is 10.7. The molecule has 0 N–H and O–H groups in total. The largest absolute Gasteiger partial charge is 0.457 e. The van der Waals surface area contributed by atoms with Gasteiger partial charge in [-0.15, -0.1) is 24.8 Å². The van der Waals surface area contributed by atoms with Crippen LogP contribution in [0.4, 0.5) is 5.69 Å². The molecular formula is C24H24Cl2N2O. The van der Waals surface area contributed by atoms with Gasteiger partial charge in [0.1, 0.15) is 11.5 Å². The van der Waals surface area contributed by atoms with E-state index in [4.69, 9.17) is 9.73 Å². The SMILES string of the molecule is CN1CCN=C(/C=C/c2cccc(Oc3ccccc3)c2)c2ccccc21.Cl.Cl. The number of benzene rings is 3. The maximum Gasteiger partial charge on any atom is 0.128 e. The quantitative estimate of drug-likeness (QED) is 0.490. The van der Waals surface area contributed by atoms with Crippen LogP contribution in [0.5, 0.6) is 11.5 Å². The fourth-order valence-electron chi connectivity index (χ4n) is 3.17. The van der Waals surface area contributed by atoms with E-state index in [1.165, 1.54) is 11.3 Å². The van der Waals surface area contributed by atoms with E-state index in [0.717, 1.165) is 35.9 Å². The van der Waals surface area contributed by atoms with Crippen LogP contribution in [0.1, 0.15) is 11.1 Å². The minimum atomic E-state index is 0. The number of benzodiazepines with no additional fused rings is 1. The summed E-state index contributed by atoms with van der Waals surface area (Å²) in [5.41, 5.74) is 4.50. The molecule has 0 fully saturated rings. The highest BCUT2D eigenvalue weighted by Crippen LogP contribution is 2.24. The number of halogens is 2. The van der Waals surface area contributed by atoms with Crippen molar-refractivity contribution in [2.24, 2.45) is 4.99 Å². The van der Waals surface area contributed by atoms with Crippen molar-refractivity contribution >= 4 is 42.3 Å². The van der Waals surface area contributed by atoms with Crippen LogP contribution in [0, 0.1) is 0 Å². The molecule has 0 spiro atoms. The van der Waals surface area contributed by atoms with Crippen molar-refractivity contribution in [3.05, 3.63) is 96.1 Å². The van der Waals surface area contributed by atoms with Gasteiger partial charge in [-0.2, -0.15) is 0 Å². The molecule has 0 radical (unpaired) electrons. The number of hydrogen-bond acceptors (Lipinski definition) is 3. The molecule has 3 nitrogen and oxygen atoms in total. The number of hydrogen-bond donors (Lipinski definition) is 0. The van der Waals surface area contributed by atoms with Crippen molar-refractivity contribution in [1.29, 1.82) is 0 Å². The molecular weight excluding hydrogens is 403 g/mol. The fraction of sp³-hybridized carbons (Fsp3) is 0.125. The number of nitrogens with zero attached hydrogens (tertiary/aromatic N) is 2. The molecule has 0 saturated heterocycles. The zero-order chi connectivity index (χ0) is 18.5. The summed E-state index contributed by atoms with van der Waals surface area (Å²) in [5.74, 6) is 1.66. The Balaban J connectivity index is 0.00000150. The summed E-state index contributed by atoms with van der Waals surface area (Å²) >= 11 is 0.